The molecule has 0 aliphatic carbocycles. The first-order valence-corrected chi connectivity index (χ1v) is 11.8. The number of aryl methyl sites for hydroxylation is 1. The predicted molar refractivity (Wildman–Crippen MR) is 123 cm³/mol. The van der Waals surface area contributed by atoms with E-state index in [0.717, 1.165) is 42.4 Å². The average molecular weight is 451 g/mol. The van der Waals surface area contributed by atoms with Gasteiger partial charge in [-0.25, -0.2) is 0 Å². The summed E-state index contributed by atoms with van der Waals surface area (Å²) in [6.45, 7) is 3.24. The number of nitrogens with one attached hydrogen (secondary N) is 1. The van der Waals surface area contributed by atoms with Crippen LogP contribution in [0.15, 0.2) is 59.3 Å². The van der Waals surface area contributed by atoms with Crippen molar-refractivity contribution in [2.45, 2.75) is 25.5 Å². The molecule has 0 spiro atoms. The summed E-state index contributed by atoms with van der Waals surface area (Å²) >= 11 is 1.68. The molecule has 3 heterocycles. The lowest BCUT2D eigenvalue weighted by atomic mass is 10.1. The van der Waals surface area contributed by atoms with Crippen LogP contribution in [0.1, 0.15) is 29.2 Å². The van der Waals surface area contributed by atoms with Crippen LogP contribution in [0.5, 0.6) is 17.2 Å². The molecule has 166 valence electrons. The van der Waals surface area contributed by atoms with Crippen LogP contribution >= 0.6 is 11.3 Å². The minimum Gasteiger partial charge on any atom is -0.484 e. The van der Waals surface area contributed by atoms with E-state index in [0.29, 0.717) is 19.4 Å². The molecule has 1 unspecified atom stereocenters. The van der Waals surface area contributed by atoms with E-state index in [2.05, 4.69) is 33.1 Å². The van der Waals surface area contributed by atoms with Crippen molar-refractivity contribution >= 4 is 17.2 Å². The normalized spacial score (nSPS) is 17.3. The number of carbonyl (C=O) groups excluding carboxylic acids is 1. The Morgan fingerprint density at radius 2 is 2.00 bits per heavy atom. The fraction of sp³-hybridized carbons (Fsp3) is 0.320. The average Bonchev–Trinajstić information content (AvgIpc) is 3.47. The number of para-hydroxylation sites is 1. The van der Waals surface area contributed by atoms with Crippen LogP contribution in [-0.2, 0) is 17.8 Å². The third-order valence-corrected chi connectivity index (χ3v) is 6.50. The summed E-state index contributed by atoms with van der Waals surface area (Å²) in [5.41, 5.74) is 3.45. The molecule has 7 heteroatoms. The van der Waals surface area contributed by atoms with Crippen molar-refractivity contribution in [3.8, 4) is 17.2 Å². The lowest BCUT2D eigenvalue weighted by molar-refractivity contribution is -0.121. The van der Waals surface area contributed by atoms with Gasteiger partial charge < -0.3 is 19.5 Å². The molecule has 3 aromatic rings. The number of fused-ring (bicyclic) bond motifs is 2. The molecule has 0 saturated carbocycles. The van der Waals surface area contributed by atoms with Crippen molar-refractivity contribution in [2.75, 3.05) is 26.4 Å². The van der Waals surface area contributed by atoms with Crippen LogP contribution in [0.3, 0.4) is 0 Å². The van der Waals surface area contributed by atoms with Gasteiger partial charge in [0.1, 0.15) is 11.9 Å². The van der Waals surface area contributed by atoms with Crippen molar-refractivity contribution in [3.05, 3.63) is 76.0 Å². The molecule has 2 aliphatic rings. The second-order valence-corrected chi connectivity index (χ2v) is 8.82. The van der Waals surface area contributed by atoms with Crippen molar-refractivity contribution in [1.82, 2.24) is 10.2 Å². The Balaban J connectivity index is 1.14. The second-order valence-electron chi connectivity index (χ2n) is 8.04. The molecule has 1 aromatic heterocycles. The van der Waals surface area contributed by atoms with Gasteiger partial charge >= 0.3 is 0 Å². The molecule has 1 atom stereocenters. The second kappa shape index (κ2) is 9.63. The number of hydrogen-bond acceptors (Lipinski definition) is 6. The molecule has 5 rings (SSSR count). The van der Waals surface area contributed by atoms with E-state index in [9.17, 15) is 4.79 Å². The molecule has 0 bridgehead atoms. The Kier molecular flexibility index (Phi) is 6.27. The largest absolute Gasteiger partial charge is 0.484 e. The third kappa shape index (κ3) is 4.89. The molecule has 6 nitrogen and oxygen atoms in total. The number of amides is 1. The van der Waals surface area contributed by atoms with Crippen LogP contribution in [0.2, 0.25) is 0 Å². The lowest BCUT2D eigenvalue weighted by Gasteiger charge is -2.23. The fourth-order valence-corrected chi connectivity index (χ4v) is 4.78. The van der Waals surface area contributed by atoms with E-state index < -0.39 is 0 Å². The van der Waals surface area contributed by atoms with Gasteiger partial charge in [-0.2, -0.15) is 11.3 Å². The molecule has 1 N–H and O–H groups in total. The third-order valence-electron chi connectivity index (χ3n) is 5.80. The van der Waals surface area contributed by atoms with E-state index in [-0.39, 0.29) is 18.8 Å². The van der Waals surface area contributed by atoms with Gasteiger partial charge in [0.25, 0.3) is 0 Å². The van der Waals surface area contributed by atoms with Crippen molar-refractivity contribution in [1.29, 1.82) is 0 Å². The zero-order chi connectivity index (χ0) is 21.8. The van der Waals surface area contributed by atoms with Gasteiger partial charge in [-0.15, -0.1) is 0 Å². The Morgan fingerprint density at radius 3 is 2.91 bits per heavy atom. The summed E-state index contributed by atoms with van der Waals surface area (Å²) < 4.78 is 17.1. The molecule has 2 aromatic carbocycles. The maximum absolute atomic E-state index is 12.4. The minimum atomic E-state index is -0.00777. The standard InChI is InChI=1S/C25H26N2O4S/c28-25(8-6-18-5-7-22-23(13-18)30-17-29-22)26-10-11-27-14-19-3-1-2-4-21(19)31-24(15-27)20-9-12-32-16-20/h1-5,7,9,12-13,16,24H,6,8,10-11,14-15,17H2,(H,26,28). The van der Waals surface area contributed by atoms with Crippen LogP contribution in [0.25, 0.3) is 0 Å². The van der Waals surface area contributed by atoms with E-state index in [1.54, 1.807) is 11.3 Å². The topological polar surface area (TPSA) is 60.0 Å². The van der Waals surface area contributed by atoms with Crippen LogP contribution < -0.4 is 19.5 Å². The van der Waals surface area contributed by atoms with Crippen LogP contribution in [0.4, 0.5) is 0 Å². The first-order chi connectivity index (χ1) is 15.7. The zero-order valence-electron chi connectivity index (χ0n) is 17.8. The SMILES string of the molecule is O=C(CCc1ccc2c(c1)OCO2)NCCN1Cc2ccccc2OC(c2ccsc2)C1. The number of carbonyl (C=O) groups is 1. The van der Waals surface area contributed by atoms with E-state index in [1.807, 2.05) is 36.4 Å². The highest BCUT2D eigenvalue weighted by Crippen LogP contribution is 2.33. The number of rotatable bonds is 7. The Morgan fingerprint density at radius 1 is 1.09 bits per heavy atom. The first kappa shape index (κ1) is 20.8. The highest BCUT2D eigenvalue weighted by atomic mass is 32.1. The number of ether oxygens (including phenoxy) is 3. The summed E-state index contributed by atoms with van der Waals surface area (Å²) in [4.78, 5) is 14.8. The molecular weight excluding hydrogens is 424 g/mol. The zero-order valence-corrected chi connectivity index (χ0v) is 18.6. The highest BCUT2D eigenvalue weighted by molar-refractivity contribution is 7.07. The smallest absolute Gasteiger partial charge is 0.231 e. The van der Waals surface area contributed by atoms with Gasteiger partial charge in [0.05, 0.1) is 0 Å². The van der Waals surface area contributed by atoms with Gasteiger partial charge in [0, 0.05) is 43.7 Å². The number of nitrogens with zero attached hydrogens (tertiary/aromatic N) is 1. The Bertz CT molecular complexity index is 1070. The summed E-state index contributed by atoms with van der Waals surface area (Å²) in [5, 5.41) is 7.30. The lowest BCUT2D eigenvalue weighted by Crippen LogP contribution is -2.36. The van der Waals surface area contributed by atoms with Crippen LogP contribution in [-0.4, -0.2) is 37.2 Å². The molecule has 2 aliphatic heterocycles. The summed E-state index contributed by atoms with van der Waals surface area (Å²) in [7, 11) is 0. The molecule has 0 radical (unpaired) electrons. The molecule has 1 amide bonds. The summed E-state index contributed by atoms with van der Waals surface area (Å²) in [6.07, 6.45) is 1.11. The van der Waals surface area contributed by atoms with Crippen molar-refractivity contribution < 1.29 is 19.0 Å². The quantitative estimate of drug-likeness (QED) is 0.586. The fourth-order valence-electron chi connectivity index (χ4n) is 4.08. The number of hydrogen-bond donors (Lipinski definition) is 1. The Hall–Kier alpha value is -3.03. The first-order valence-electron chi connectivity index (χ1n) is 10.9. The predicted octanol–water partition coefficient (Wildman–Crippen LogP) is 4.16. The van der Waals surface area contributed by atoms with E-state index >= 15 is 0 Å². The van der Waals surface area contributed by atoms with Crippen molar-refractivity contribution in [2.24, 2.45) is 0 Å². The maximum Gasteiger partial charge on any atom is 0.231 e. The molecule has 32 heavy (non-hydrogen) atoms. The summed E-state index contributed by atoms with van der Waals surface area (Å²) in [6, 6.07) is 16.2. The molecule has 0 fully saturated rings. The minimum absolute atomic E-state index is 0.00777. The van der Waals surface area contributed by atoms with Gasteiger partial charge in [0.2, 0.25) is 12.7 Å². The van der Waals surface area contributed by atoms with Crippen molar-refractivity contribution in [3.63, 3.8) is 0 Å². The molecule has 0 saturated heterocycles. The number of thiophene rings is 1. The van der Waals surface area contributed by atoms with Gasteiger partial charge in [0.15, 0.2) is 11.5 Å². The van der Waals surface area contributed by atoms with Gasteiger partial charge in [-0.1, -0.05) is 24.3 Å². The highest BCUT2D eigenvalue weighted by Gasteiger charge is 2.24. The van der Waals surface area contributed by atoms with E-state index in [4.69, 9.17) is 14.2 Å². The van der Waals surface area contributed by atoms with Gasteiger partial charge in [-0.3, -0.25) is 9.69 Å². The molecular formula is C25H26N2O4S. The summed E-state index contributed by atoms with van der Waals surface area (Å²) in [5.74, 6) is 2.52. The van der Waals surface area contributed by atoms with E-state index in [1.165, 1.54) is 11.1 Å². The number of benzene rings is 2. The monoisotopic (exact) mass is 450 g/mol. The van der Waals surface area contributed by atoms with Crippen LogP contribution in [0, 0.1) is 0 Å². The van der Waals surface area contributed by atoms with Gasteiger partial charge in [-0.05, 0) is 47.0 Å². The maximum atomic E-state index is 12.4. The Labute approximate surface area is 191 Å².